The van der Waals surface area contributed by atoms with E-state index in [0.717, 1.165) is 35.5 Å². The first-order valence-corrected chi connectivity index (χ1v) is 9.60. The van der Waals surface area contributed by atoms with E-state index in [-0.39, 0.29) is 11.8 Å². The predicted molar refractivity (Wildman–Crippen MR) is 113 cm³/mol. The van der Waals surface area contributed by atoms with E-state index in [4.69, 9.17) is 0 Å². The number of allylic oxidation sites excluding steroid dienone is 1. The van der Waals surface area contributed by atoms with Gasteiger partial charge in [0, 0.05) is 31.9 Å². The fourth-order valence-electron chi connectivity index (χ4n) is 3.41. The Balaban J connectivity index is 1.61. The predicted octanol–water partition coefficient (Wildman–Crippen LogP) is 4.63. The molecule has 5 heteroatoms. The van der Waals surface area contributed by atoms with Crippen molar-refractivity contribution in [3.05, 3.63) is 72.1 Å². The molecule has 2 amide bonds. The molecule has 2 aromatic rings. The summed E-state index contributed by atoms with van der Waals surface area (Å²) in [4.78, 5) is 16.8. The summed E-state index contributed by atoms with van der Waals surface area (Å²) >= 11 is 0. The van der Waals surface area contributed by atoms with Crippen molar-refractivity contribution in [2.45, 2.75) is 26.3 Å². The molecule has 1 heterocycles. The van der Waals surface area contributed by atoms with E-state index in [1.165, 1.54) is 12.1 Å². The van der Waals surface area contributed by atoms with Crippen LogP contribution in [-0.4, -0.2) is 37.1 Å². The van der Waals surface area contributed by atoms with Gasteiger partial charge in [-0.1, -0.05) is 30.4 Å². The molecule has 1 saturated heterocycles. The fourth-order valence-corrected chi connectivity index (χ4v) is 3.41. The van der Waals surface area contributed by atoms with E-state index >= 15 is 0 Å². The quantitative estimate of drug-likeness (QED) is 0.838. The second-order valence-electron chi connectivity index (χ2n) is 7.87. The number of rotatable bonds is 4. The summed E-state index contributed by atoms with van der Waals surface area (Å²) in [5.41, 5.74) is 3.62. The minimum absolute atomic E-state index is 0.0653. The van der Waals surface area contributed by atoms with E-state index in [2.05, 4.69) is 22.9 Å². The van der Waals surface area contributed by atoms with Gasteiger partial charge < -0.3 is 15.1 Å². The van der Waals surface area contributed by atoms with Crippen LogP contribution in [0.1, 0.15) is 31.9 Å². The second kappa shape index (κ2) is 8.05. The van der Waals surface area contributed by atoms with Gasteiger partial charge in [-0.2, -0.15) is 0 Å². The lowest BCUT2D eigenvalue weighted by Gasteiger charge is -2.38. The smallest absolute Gasteiger partial charge is 0.318 e. The Morgan fingerprint density at radius 3 is 2.32 bits per heavy atom. The van der Waals surface area contributed by atoms with Gasteiger partial charge in [-0.05, 0) is 62.2 Å². The average Bonchev–Trinajstić information content (AvgIpc) is 2.68. The molecular formula is C23H28FN3O. The topological polar surface area (TPSA) is 35.6 Å². The van der Waals surface area contributed by atoms with Gasteiger partial charge in [-0.25, -0.2) is 9.18 Å². The highest BCUT2D eigenvalue weighted by Gasteiger charge is 2.28. The van der Waals surface area contributed by atoms with Gasteiger partial charge in [0.1, 0.15) is 5.82 Å². The third kappa shape index (κ3) is 4.53. The summed E-state index contributed by atoms with van der Waals surface area (Å²) in [5, 5.41) is 3.16. The Kier molecular flexibility index (Phi) is 5.73. The first-order valence-electron chi connectivity index (χ1n) is 9.60. The van der Waals surface area contributed by atoms with Crippen LogP contribution in [0.15, 0.2) is 55.1 Å². The fraction of sp³-hybridized carbons (Fsp3) is 0.348. The van der Waals surface area contributed by atoms with Crippen LogP contribution in [0.25, 0.3) is 5.57 Å². The molecule has 28 heavy (non-hydrogen) atoms. The number of carbonyl (C=O) groups is 1. The monoisotopic (exact) mass is 381 g/mol. The van der Waals surface area contributed by atoms with Gasteiger partial charge in [-0.3, -0.25) is 0 Å². The maximum absolute atomic E-state index is 13.1. The van der Waals surface area contributed by atoms with Crippen LogP contribution in [-0.2, 0) is 5.54 Å². The van der Waals surface area contributed by atoms with E-state index in [0.29, 0.717) is 13.1 Å². The number of piperazine rings is 1. The highest BCUT2D eigenvalue weighted by Crippen LogP contribution is 2.24. The molecule has 3 rings (SSSR count). The molecule has 0 aromatic heterocycles. The van der Waals surface area contributed by atoms with Crippen LogP contribution in [0.2, 0.25) is 0 Å². The van der Waals surface area contributed by atoms with Crippen LogP contribution < -0.4 is 10.2 Å². The number of halogens is 1. The zero-order chi connectivity index (χ0) is 20.3. The van der Waals surface area contributed by atoms with Crippen molar-refractivity contribution in [2.75, 3.05) is 31.1 Å². The van der Waals surface area contributed by atoms with Crippen molar-refractivity contribution < 1.29 is 9.18 Å². The Morgan fingerprint density at radius 2 is 1.71 bits per heavy atom. The van der Waals surface area contributed by atoms with Gasteiger partial charge in [0.05, 0.1) is 5.54 Å². The van der Waals surface area contributed by atoms with Gasteiger partial charge in [0.15, 0.2) is 0 Å². The van der Waals surface area contributed by atoms with Gasteiger partial charge in [0.25, 0.3) is 0 Å². The molecule has 0 spiro atoms. The van der Waals surface area contributed by atoms with Crippen molar-refractivity contribution >= 4 is 17.3 Å². The molecular weight excluding hydrogens is 353 g/mol. The molecule has 0 unspecified atom stereocenters. The number of nitrogens with one attached hydrogen (secondary N) is 1. The Hall–Kier alpha value is -2.82. The molecule has 1 N–H and O–H groups in total. The van der Waals surface area contributed by atoms with Crippen LogP contribution in [0, 0.1) is 5.82 Å². The second-order valence-corrected chi connectivity index (χ2v) is 7.87. The number of urea groups is 1. The maximum atomic E-state index is 13.1. The molecule has 1 aliphatic heterocycles. The van der Waals surface area contributed by atoms with E-state index in [1.807, 2.05) is 43.9 Å². The van der Waals surface area contributed by atoms with Gasteiger partial charge in [-0.15, -0.1) is 0 Å². The first-order chi connectivity index (χ1) is 13.3. The Labute approximate surface area is 166 Å². The lowest BCUT2D eigenvalue weighted by molar-refractivity contribution is 0.183. The number of anilines is 1. The summed E-state index contributed by atoms with van der Waals surface area (Å²) in [6.07, 6.45) is 0. The largest absolute Gasteiger partial charge is 0.368 e. The zero-order valence-electron chi connectivity index (χ0n) is 16.8. The molecule has 148 valence electrons. The molecule has 0 aliphatic carbocycles. The normalized spacial score (nSPS) is 14.7. The molecule has 1 aliphatic rings. The minimum Gasteiger partial charge on any atom is -0.368 e. The minimum atomic E-state index is -0.489. The number of carbonyl (C=O) groups excluding carboxylic acids is 1. The molecule has 0 radical (unpaired) electrons. The lowest BCUT2D eigenvalue weighted by Crippen LogP contribution is -2.55. The number of hydrogen-bond acceptors (Lipinski definition) is 2. The SMILES string of the molecule is C=C(C)c1cccc(C(C)(C)NC(=O)N2CCN(c3ccc(F)cc3)CC2)c1. The molecule has 1 fully saturated rings. The van der Waals surface area contributed by atoms with E-state index in [9.17, 15) is 9.18 Å². The van der Waals surface area contributed by atoms with Crippen LogP contribution >= 0.6 is 0 Å². The molecule has 0 saturated carbocycles. The molecule has 0 atom stereocenters. The standard InChI is InChI=1S/C23H28FN3O/c1-17(2)18-6-5-7-19(16-18)23(3,4)25-22(28)27-14-12-26(13-15-27)21-10-8-20(24)9-11-21/h5-11,16H,1,12-15H2,2-4H3,(H,25,28). The molecule has 4 nitrogen and oxygen atoms in total. The van der Waals surface area contributed by atoms with Crippen molar-refractivity contribution in [1.82, 2.24) is 10.2 Å². The van der Waals surface area contributed by atoms with Crippen molar-refractivity contribution in [1.29, 1.82) is 0 Å². The van der Waals surface area contributed by atoms with Crippen molar-refractivity contribution in [2.24, 2.45) is 0 Å². The number of hydrogen-bond donors (Lipinski definition) is 1. The summed E-state index contributed by atoms with van der Waals surface area (Å²) in [5.74, 6) is -0.236. The van der Waals surface area contributed by atoms with Crippen molar-refractivity contribution in [3.63, 3.8) is 0 Å². The highest BCUT2D eigenvalue weighted by molar-refractivity contribution is 5.76. The summed E-state index contributed by atoms with van der Waals surface area (Å²) in [7, 11) is 0. The number of benzene rings is 2. The van der Waals surface area contributed by atoms with Crippen molar-refractivity contribution in [3.8, 4) is 0 Å². The van der Waals surface area contributed by atoms with Crippen LogP contribution in [0.4, 0.5) is 14.9 Å². The number of nitrogens with zero attached hydrogens (tertiary/aromatic N) is 2. The first kappa shape index (κ1) is 19.9. The zero-order valence-corrected chi connectivity index (χ0v) is 16.8. The average molecular weight is 381 g/mol. The Bertz CT molecular complexity index is 852. The van der Waals surface area contributed by atoms with E-state index < -0.39 is 5.54 Å². The van der Waals surface area contributed by atoms with E-state index in [1.54, 1.807) is 12.1 Å². The van der Waals surface area contributed by atoms with Crippen LogP contribution in [0.5, 0.6) is 0 Å². The maximum Gasteiger partial charge on any atom is 0.318 e. The summed E-state index contributed by atoms with van der Waals surface area (Å²) < 4.78 is 13.1. The number of amides is 2. The van der Waals surface area contributed by atoms with Crippen LogP contribution in [0.3, 0.4) is 0 Å². The molecule has 2 aromatic carbocycles. The molecule has 0 bridgehead atoms. The Morgan fingerprint density at radius 1 is 1.07 bits per heavy atom. The third-order valence-electron chi connectivity index (χ3n) is 5.26. The lowest BCUT2D eigenvalue weighted by atomic mass is 9.92. The third-order valence-corrected chi connectivity index (χ3v) is 5.26. The van der Waals surface area contributed by atoms with Gasteiger partial charge >= 0.3 is 6.03 Å². The highest BCUT2D eigenvalue weighted by atomic mass is 19.1. The van der Waals surface area contributed by atoms with Gasteiger partial charge in [0.2, 0.25) is 0 Å². The summed E-state index contributed by atoms with van der Waals surface area (Å²) in [6.45, 7) is 12.7. The summed E-state index contributed by atoms with van der Waals surface area (Å²) in [6, 6.07) is 14.6.